The summed E-state index contributed by atoms with van der Waals surface area (Å²) in [5.41, 5.74) is -0.332. The average molecular weight is 269 g/mol. The van der Waals surface area contributed by atoms with Gasteiger partial charge in [-0.05, 0) is 12.1 Å². The largest absolute Gasteiger partial charge is 0.293 e. The zero-order valence-electron chi connectivity index (χ0n) is 6.28. The number of ketones is 1. The highest BCUT2D eigenvalue weighted by atomic mass is 79.9. The van der Waals surface area contributed by atoms with E-state index in [2.05, 4.69) is 15.9 Å². The molecule has 0 radical (unpaired) electrons. The van der Waals surface area contributed by atoms with E-state index in [0.29, 0.717) is 4.47 Å². The highest BCUT2D eigenvalue weighted by Gasteiger charge is 2.15. The Labute approximate surface area is 86.8 Å². The van der Waals surface area contributed by atoms with E-state index in [1.165, 1.54) is 6.07 Å². The molecule has 13 heavy (non-hydrogen) atoms. The van der Waals surface area contributed by atoms with Crippen LogP contribution in [0.25, 0.3) is 0 Å². The molecule has 0 aromatic heterocycles. The molecule has 0 bridgehead atoms. The Kier molecular flexibility index (Phi) is 3.39. The fourth-order valence-corrected chi connectivity index (χ4v) is 1.40. The Morgan fingerprint density at radius 3 is 2.62 bits per heavy atom. The van der Waals surface area contributed by atoms with Crippen LogP contribution in [0, 0.1) is 11.6 Å². The van der Waals surface area contributed by atoms with Gasteiger partial charge in [-0.1, -0.05) is 15.9 Å². The summed E-state index contributed by atoms with van der Waals surface area (Å²) in [7, 11) is 0. The lowest BCUT2D eigenvalue weighted by molar-refractivity contribution is 0.101. The maximum Gasteiger partial charge on any atom is 0.180 e. The Balaban J connectivity index is 3.28. The number of carbonyl (C=O) groups is 1. The van der Waals surface area contributed by atoms with Crippen LogP contribution in [0.1, 0.15) is 10.4 Å². The third-order valence-corrected chi connectivity index (χ3v) is 2.12. The van der Waals surface area contributed by atoms with Gasteiger partial charge < -0.3 is 0 Å². The van der Waals surface area contributed by atoms with Gasteiger partial charge in [0.25, 0.3) is 0 Å². The number of benzene rings is 1. The highest BCUT2D eigenvalue weighted by Crippen LogP contribution is 2.19. The van der Waals surface area contributed by atoms with Crippen molar-refractivity contribution in [3.63, 3.8) is 0 Å². The Morgan fingerprint density at radius 2 is 2.08 bits per heavy atom. The maximum absolute atomic E-state index is 12.9. The van der Waals surface area contributed by atoms with Crippen molar-refractivity contribution in [1.29, 1.82) is 0 Å². The molecule has 0 aliphatic heterocycles. The summed E-state index contributed by atoms with van der Waals surface area (Å²) in [6.07, 6.45) is 0. The summed E-state index contributed by atoms with van der Waals surface area (Å²) in [6.45, 7) is 0. The van der Waals surface area contributed by atoms with Gasteiger partial charge in [-0.15, -0.1) is 11.6 Å². The lowest BCUT2D eigenvalue weighted by atomic mass is 10.1. The van der Waals surface area contributed by atoms with Crippen molar-refractivity contribution >= 4 is 33.3 Å². The van der Waals surface area contributed by atoms with Gasteiger partial charge in [0.15, 0.2) is 17.4 Å². The second-order valence-corrected chi connectivity index (χ2v) is 3.49. The van der Waals surface area contributed by atoms with Crippen molar-refractivity contribution < 1.29 is 13.6 Å². The number of carbonyl (C=O) groups excluding carboxylic acids is 1. The van der Waals surface area contributed by atoms with Crippen molar-refractivity contribution in [2.45, 2.75) is 0 Å². The normalized spacial score (nSPS) is 10.2. The summed E-state index contributed by atoms with van der Waals surface area (Å²) in [6, 6.07) is 2.14. The van der Waals surface area contributed by atoms with Crippen LogP contribution in [0.4, 0.5) is 8.78 Å². The SMILES string of the molecule is O=C(CCl)c1cc(Br)cc(F)c1F. The topological polar surface area (TPSA) is 17.1 Å². The molecular formula is C8H4BrClF2O. The van der Waals surface area contributed by atoms with Crippen molar-refractivity contribution in [3.05, 3.63) is 33.8 Å². The van der Waals surface area contributed by atoms with Crippen molar-refractivity contribution in [2.24, 2.45) is 0 Å². The zero-order chi connectivity index (χ0) is 10.0. The number of hydrogen-bond donors (Lipinski definition) is 0. The van der Waals surface area contributed by atoms with Gasteiger partial charge in [-0.25, -0.2) is 8.78 Å². The highest BCUT2D eigenvalue weighted by molar-refractivity contribution is 9.10. The standard InChI is InChI=1S/C8H4BrClF2O/c9-4-1-5(7(13)3-10)8(12)6(11)2-4/h1-2H,3H2. The third-order valence-electron chi connectivity index (χ3n) is 1.41. The van der Waals surface area contributed by atoms with E-state index in [0.717, 1.165) is 6.07 Å². The van der Waals surface area contributed by atoms with Crippen LogP contribution in [-0.2, 0) is 0 Å². The second kappa shape index (κ2) is 4.15. The summed E-state index contributed by atoms with van der Waals surface area (Å²) in [5, 5.41) is 0. The molecule has 1 aromatic carbocycles. The predicted octanol–water partition coefficient (Wildman–Crippen LogP) is 3.15. The van der Waals surface area contributed by atoms with E-state index in [9.17, 15) is 13.6 Å². The van der Waals surface area contributed by atoms with Crippen molar-refractivity contribution in [3.8, 4) is 0 Å². The van der Waals surface area contributed by atoms with Crippen LogP contribution in [0.5, 0.6) is 0 Å². The van der Waals surface area contributed by atoms with Crippen LogP contribution in [-0.4, -0.2) is 11.7 Å². The maximum atomic E-state index is 12.9. The van der Waals surface area contributed by atoms with Crippen LogP contribution >= 0.6 is 27.5 Å². The Morgan fingerprint density at radius 1 is 1.46 bits per heavy atom. The van der Waals surface area contributed by atoms with Gasteiger partial charge in [-0.3, -0.25) is 4.79 Å². The molecule has 0 saturated heterocycles. The van der Waals surface area contributed by atoms with Crippen LogP contribution in [0.15, 0.2) is 16.6 Å². The van der Waals surface area contributed by atoms with Gasteiger partial charge in [0.05, 0.1) is 11.4 Å². The molecule has 0 spiro atoms. The van der Waals surface area contributed by atoms with Crippen molar-refractivity contribution in [1.82, 2.24) is 0 Å². The average Bonchev–Trinajstić information content (AvgIpc) is 2.10. The Hall–Kier alpha value is -0.480. The molecule has 0 N–H and O–H groups in total. The molecule has 0 unspecified atom stereocenters. The van der Waals surface area contributed by atoms with Gasteiger partial charge in [0.2, 0.25) is 0 Å². The van der Waals surface area contributed by atoms with E-state index in [4.69, 9.17) is 11.6 Å². The molecule has 70 valence electrons. The van der Waals surface area contributed by atoms with E-state index in [1.54, 1.807) is 0 Å². The van der Waals surface area contributed by atoms with Gasteiger partial charge >= 0.3 is 0 Å². The molecule has 1 rings (SSSR count). The lowest BCUT2D eigenvalue weighted by Crippen LogP contribution is -2.05. The lowest BCUT2D eigenvalue weighted by Gasteiger charge is -2.01. The predicted molar refractivity (Wildman–Crippen MR) is 49.1 cm³/mol. The van der Waals surface area contributed by atoms with Gasteiger partial charge in [-0.2, -0.15) is 0 Å². The minimum absolute atomic E-state index is 0.305. The van der Waals surface area contributed by atoms with Crippen LogP contribution < -0.4 is 0 Å². The summed E-state index contributed by atoms with van der Waals surface area (Å²) in [5.74, 6) is -3.23. The number of hydrogen-bond acceptors (Lipinski definition) is 1. The Bertz CT molecular complexity index is 354. The van der Waals surface area contributed by atoms with Crippen LogP contribution in [0.3, 0.4) is 0 Å². The van der Waals surface area contributed by atoms with Gasteiger partial charge in [0.1, 0.15) is 0 Å². The monoisotopic (exact) mass is 268 g/mol. The molecule has 0 fully saturated rings. The molecule has 0 aliphatic rings. The molecule has 0 aliphatic carbocycles. The van der Waals surface area contributed by atoms with Crippen LogP contribution in [0.2, 0.25) is 0 Å². The molecule has 0 heterocycles. The van der Waals surface area contributed by atoms with Crippen molar-refractivity contribution in [2.75, 3.05) is 5.88 Å². The number of halogens is 4. The smallest absolute Gasteiger partial charge is 0.180 e. The summed E-state index contributed by atoms with van der Waals surface area (Å²) < 4.78 is 26.0. The molecule has 1 aromatic rings. The quantitative estimate of drug-likeness (QED) is 0.458. The molecule has 0 saturated carbocycles. The first-order valence-electron chi connectivity index (χ1n) is 3.30. The number of rotatable bonds is 2. The zero-order valence-corrected chi connectivity index (χ0v) is 8.62. The molecule has 5 heteroatoms. The molecule has 1 nitrogen and oxygen atoms in total. The number of alkyl halides is 1. The van der Waals surface area contributed by atoms with Gasteiger partial charge in [0, 0.05) is 4.47 Å². The van der Waals surface area contributed by atoms with E-state index >= 15 is 0 Å². The minimum Gasteiger partial charge on any atom is -0.293 e. The minimum atomic E-state index is -1.16. The third kappa shape index (κ3) is 2.25. The molecule has 0 amide bonds. The fraction of sp³-hybridized carbons (Fsp3) is 0.125. The summed E-state index contributed by atoms with van der Waals surface area (Å²) >= 11 is 8.15. The van der Waals surface area contributed by atoms with E-state index in [-0.39, 0.29) is 11.4 Å². The molecule has 0 atom stereocenters. The summed E-state index contributed by atoms with van der Waals surface area (Å²) in [4.78, 5) is 11.0. The van der Waals surface area contributed by atoms with E-state index < -0.39 is 17.4 Å². The second-order valence-electron chi connectivity index (χ2n) is 2.31. The first kappa shape index (κ1) is 10.6. The first-order chi connectivity index (χ1) is 6.06. The van der Waals surface area contributed by atoms with E-state index in [1.807, 2.05) is 0 Å². The molecular weight excluding hydrogens is 265 g/mol. The fourth-order valence-electron chi connectivity index (χ4n) is 0.831. The first-order valence-corrected chi connectivity index (χ1v) is 4.62. The number of Topliss-reactive ketones (excluding diaryl/α,β-unsaturated/α-hetero) is 1.